The molecule has 0 N–H and O–H groups in total. The minimum Gasteiger partial charge on any atom is -0.232 e. The van der Waals surface area contributed by atoms with Crippen molar-refractivity contribution in [2.45, 2.75) is 38.5 Å². The van der Waals surface area contributed by atoms with Crippen molar-refractivity contribution in [2.24, 2.45) is 0 Å². The zero-order valence-electron chi connectivity index (χ0n) is 8.98. The van der Waals surface area contributed by atoms with Gasteiger partial charge in [-0.3, -0.25) is 0 Å². The van der Waals surface area contributed by atoms with E-state index in [1.807, 2.05) is 17.6 Å². The van der Waals surface area contributed by atoms with Crippen molar-refractivity contribution in [3.05, 3.63) is 29.7 Å². The average Bonchev–Trinajstić information content (AvgIpc) is 2.82. The second-order valence-corrected chi connectivity index (χ2v) is 4.42. The van der Waals surface area contributed by atoms with Crippen LogP contribution >= 0.6 is 0 Å². The molecule has 1 aliphatic carbocycles. The molecule has 15 heavy (non-hydrogen) atoms. The first-order valence-corrected chi connectivity index (χ1v) is 5.66. The third-order valence-corrected chi connectivity index (χ3v) is 3.23. The van der Waals surface area contributed by atoms with Crippen LogP contribution in [-0.4, -0.2) is 14.6 Å². The van der Waals surface area contributed by atoms with E-state index in [2.05, 4.69) is 22.2 Å². The first kappa shape index (κ1) is 8.89. The molecule has 3 nitrogen and oxygen atoms in total. The Balaban J connectivity index is 2.04. The molecule has 0 aromatic carbocycles. The highest BCUT2D eigenvalue weighted by Gasteiger charge is 2.18. The summed E-state index contributed by atoms with van der Waals surface area (Å²) in [7, 11) is 0. The van der Waals surface area contributed by atoms with E-state index in [9.17, 15) is 0 Å². The number of nitrogens with zero attached hydrogens (tertiary/aromatic N) is 3. The van der Waals surface area contributed by atoms with Crippen LogP contribution in [0.2, 0.25) is 0 Å². The molecule has 0 spiro atoms. The fraction of sp³-hybridized carbons (Fsp3) is 0.500. The summed E-state index contributed by atoms with van der Waals surface area (Å²) in [5.74, 6) is 0.678. The van der Waals surface area contributed by atoms with Crippen molar-refractivity contribution >= 4 is 5.65 Å². The van der Waals surface area contributed by atoms with Crippen molar-refractivity contribution in [3.8, 4) is 0 Å². The van der Waals surface area contributed by atoms with Crippen molar-refractivity contribution in [1.29, 1.82) is 0 Å². The van der Waals surface area contributed by atoms with E-state index in [1.165, 1.54) is 31.4 Å². The van der Waals surface area contributed by atoms with Gasteiger partial charge in [-0.15, -0.1) is 0 Å². The zero-order valence-corrected chi connectivity index (χ0v) is 8.98. The van der Waals surface area contributed by atoms with Gasteiger partial charge in [0.25, 0.3) is 0 Å². The third-order valence-electron chi connectivity index (χ3n) is 3.23. The van der Waals surface area contributed by atoms with Crippen molar-refractivity contribution in [1.82, 2.24) is 14.6 Å². The molecule has 2 heterocycles. The molecule has 3 rings (SSSR count). The number of imidazole rings is 1. The van der Waals surface area contributed by atoms with Crippen molar-refractivity contribution in [3.63, 3.8) is 0 Å². The van der Waals surface area contributed by atoms with Gasteiger partial charge in [0.15, 0.2) is 5.65 Å². The van der Waals surface area contributed by atoms with Crippen LogP contribution < -0.4 is 0 Å². The predicted octanol–water partition coefficient (Wildman–Crippen LogP) is 2.70. The molecule has 0 saturated heterocycles. The van der Waals surface area contributed by atoms with Gasteiger partial charge in [0.2, 0.25) is 0 Å². The second-order valence-electron chi connectivity index (χ2n) is 4.42. The predicted molar refractivity (Wildman–Crippen MR) is 58.9 cm³/mol. The number of hydrogen-bond donors (Lipinski definition) is 0. The number of rotatable bonds is 1. The number of aromatic nitrogens is 3. The summed E-state index contributed by atoms with van der Waals surface area (Å²) in [6.45, 7) is 2.00. The number of fused-ring (bicyclic) bond motifs is 1. The molecule has 2 aromatic rings. The lowest BCUT2D eigenvalue weighted by Crippen LogP contribution is -2.00. The molecule has 0 radical (unpaired) electrons. The van der Waals surface area contributed by atoms with Gasteiger partial charge in [0.1, 0.15) is 0 Å². The van der Waals surface area contributed by atoms with Crippen LogP contribution in [0.1, 0.15) is 43.0 Å². The van der Waals surface area contributed by atoms with Crippen LogP contribution in [0, 0.1) is 6.92 Å². The van der Waals surface area contributed by atoms with E-state index in [1.54, 1.807) is 0 Å². The third kappa shape index (κ3) is 1.52. The normalized spacial score (nSPS) is 17.7. The molecule has 0 atom stereocenters. The van der Waals surface area contributed by atoms with Gasteiger partial charge in [0.05, 0.1) is 17.6 Å². The maximum absolute atomic E-state index is 4.63. The highest BCUT2D eigenvalue weighted by Crippen LogP contribution is 2.32. The Bertz CT molecular complexity index is 481. The summed E-state index contributed by atoms with van der Waals surface area (Å²) in [6, 6.07) is 4.21. The van der Waals surface area contributed by atoms with Gasteiger partial charge in [0, 0.05) is 5.92 Å². The Morgan fingerprint density at radius 2 is 2.07 bits per heavy atom. The fourth-order valence-electron chi connectivity index (χ4n) is 2.45. The van der Waals surface area contributed by atoms with Gasteiger partial charge >= 0.3 is 0 Å². The number of hydrogen-bond acceptors (Lipinski definition) is 2. The minimum absolute atomic E-state index is 0.678. The molecule has 0 unspecified atom stereocenters. The quantitative estimate of drug-likeness (QED) is 0.710. The first-order valence-electron chi connectivity index (χ1n) is 5.66. The summed E-state index contributed by atoms with van der Waals surface area (Å²) in [5.41, 5.74) is 3.22. The van der Waals surface area contributed by atoms with Crippen molar-refractivity contribution < 1.29 is 0 Å². The van der Waals surface area contributed by atoms with Gasteiger partial charge < -0.3 is 0 Å². The molecular weight excluding hydrogens is 186 g/mol. The summed E-state index contributed by atoms with van der Waals surface area (Å²) in [5, 5.41) is 4.63. The van der Waals surface area contributed by atoms with Crippen LogP contribution in [0.5, 0.6) is 0 Å². The zero-order chi connectivity index (χ0) is 10.3. The molecule has 1 saturated carbocycles. The largest absolute Gasteiger partial charge is 0.232 e. The summed E-state index contributed by atoms with van der Waals surface area (Å²) < 4.78 is 1.91. The molecule has 0 amide bonds. The maximum Gasteiger partial charge on any atom is 0.153 e. The lowest BCUT2D eigenvalue weighted by molar-refractivity contribution is 0.671. The molecule has 3 heteroatoms. The Morgan fingerprint density at radius 3 is 2.87 bits per heavy atom. The smallest absolute Gasteiger partial charge is 0.153 e. The lowest BCUT2D eigenvalue weighted by atomic mass is 10.0. The molecule has 78 valence electrons. The molecule has 0 aliphatic heterocycles. The van der Waals surface area contributed by atoms with Gasteiger partial charge in [-0.25, -0.2) is 9.50 Å². The monoisotopic (exact) mass is 201 g/mol. The van der Waals surface area contributed by atoms with E-state index in [0.717, 1.165) is 11.3 Å². The molecule has 0 bridgehead atoms. The van der Waals surface area contributed by atoms with Gasteiger partial charge in [-0.05, 0) is 31.9 Å². The Labute approximate surface area is 89.1 Å². The van der Waals surface area contributed by atoms with E-state index < -0.39 is 0 Å². The van der Waals surface area contributed by atoms with E-state index >= 15 is 0 Å². The molecule has 1 aliphatic rings. The van der Waals surface area contributed by atoms with Crippen molar-refractivity contribution in [2.75, 3.05) is 0 Å². The van der Waals surface area contributed by atoms with Crippen LogP contribution in [0.4, 0.5) is 0 Å². The van der Waals surface area contributed by atoms with Crippen LogP contribution in [0.3, 0.4) is 0 Å². The van der Waals surface area contributed by atoms with Crippen LogP contribution in [-0.2, 0) is 0 Å². The molecular formula is C12H15N3. The minimum atomic E-state index is 0.678. The van der Waals surface area contributed by atoms with Crippen LogP contribution in [0.25, 0.3) is 5.65 Å². The van der Waals surface area contributed by atoms with E-state index in [0.29, 0.717) is 5.92 Å². The summed E-state index contributed by atoms with van der Waals surface area (Å²) >= 11 is 0. The SMILES string of the molecule is Cc1cn2nc(C3CCCC3)ccc2n1. The Morgan fingerprint density at radius 1 is 1.27 bits per heavy atom. The maximum atomic E-state index is 4.63. The highest BCUT2D eigenvalue weighted by molar-refractivity contribution is 5.38. The summed E-state index contributed by atoms with van der Waals surface area (Å²) in [6.07, 6.45) is 7.30. The number of aryl methyl sites for hydroxylation is 1. The highest BCUT2D eigenvalue weighted by atomic mass is 15.2. The lowest BCUT2D eigenvalue weighted by Gasteiger charge is -2.07. The summed E-state index contributed by atoms with van der Waals surface area (Å²) in [4.78, 5) is 4.38. The standard InChI is InChI=1S/C12H15N3/c1-9-8-15-12(13-9)7-6-11(14-15)10-4-2-3-5-10/h6-8,10H,2-5H2,1H3. The second kappa shape index (κ2) is 3.33. The van der Waals surface area contributed by atoms with Crippen LogP contribution in [0.15, 0.2) is 18.3 Å². The fourth-order valence-corrected chi connectivity index (χ4v) is 2.45. The average molecular weight is 201 g/mol. The van der Waals surface area contributed by atoms with E-state index in [-0.39, 0.29) is 0 Å². The first-order chi connectivity index (χ1) is 7.33. The molecule has 2 aromatic heterocycles. The molecule has 1 fully saturated rings. The topological polar surface area (TPSA) is 30.2 Å². The Hall–Kier alpha value is -1.38. The Kier molecular flexibility index (Phi) is 1.97. The van der Waals surface area contributed by atoms with Gasteiger partial charge in [-0.2, -0.15) is 5.10 Å². The van der Waals surface area contributed by atoms with E-state index in [4.69, 9.17) is 0 Å². The van der Waals surface area contributed by atoms with Gasteiger partial charge in [-0.1, -0.05) is 12.8 Å².